The number of ketones is 1. The van der Waals surface area contributed by atoms with Crippen LogP contribution in [0.1, 0.15) is 34.6 Å². The minimum Gasteiger partial charge on any atom is -0.466 e. The minimum atomic E-state index is -0.872. The first kappa shape index (κ1) is 18.3. The van der Waals surface area contributed by atoms with Crippen LogP contribution in [0, 0.1) is 0 Å². The fraction of sp³-hybridized carbons (Fsp3) is 0.211. The first-order chi connectivity index (χ1) is 12.6. The lowest BCUT2D eigenvalue weighted by Gasteiger charge is -2.16. The Kier molecular flexibility index (Phi) is 5.80. The standard InChI is InChI=1S/C19H17NO4S2/c1-2-24-17(22)10-14(21)18(13-7-8-25-11-13)20-19(23)16-9-12-5-3-4-6-15(12)26-16/h3-9,11,18H,2,10H2,1H3,(H,20,23). The molecule has 134 valence electrons. The van der Waals surface area contributed by atoms with Crippen LogP contribution in [0.2, 0.25) is 0 Å². The van der Waals surface area contributed by atoms with Gasteiger partial charge in [-0.15, -0.1) is 11.3 Å². The van der Waals surface area contributed by atoms with Crippen LogP contribution in [0.25, 0.3) is 10.1 Å². The molecule has 1 aromatic carbocycles. The summed E-state index contributed by atoms with van der Waals surface area (Å²) in [7, 11) is 0. The zero-order valence-electron chi connectivity index (χ0n) is 14.1. The monoisotopic (exact) mass is 387 g/mol. The zero-order chi connectivity index (χ0) is 18.5. The van der Waals surface area contributed by atoms with Crippen molar-refractivity contribution in [2.24, 2.45) is 0 Å². The molecule has 0 spiro atoms. The largest absolute Gasteiger partial charge is 0.466 e. The molecular weight excluding hydrogens is 370 g/mol. The molecule has 3 aromatic rings. The van der Waals surface area contributed by atoms with Crippen molar-refractivity contribution in [2.45, 2.75) is 19.4 Å². The van der Waals surface area contributed by atoms with E-state index >= 15 is 0 Å². The predicted molar refractivity (Wildman–Crippen MR) is 103 cm³/mol. The van der Waals surface area contributed by atoms with Crippen molar-refractivity contribution in [2.75, 3.05) is 6.61 Å². The van der Waals surface area contributed by atoms with Gasteiger partial charge in [0.2, 0.25) is 0 Å². The van der Waals surface area contributed by atoms with Crippen LogP contribution in [-0.4, -0.2) is 24.3 Å². The smallest absolute Gasteiger partial charge is 0.313 e. The maximum absolute atomic E-state index is 12.7. The lowest BCUT2D eigenvalue weighted by molar-refractivity contribution is -0.145. The molecule has 0 fully saturated rings. The van der Waals surface area contributed by atoms with Crippen LogP contribution >= 0.6 is 22.7 Å². The maximum Gasteiger partial charge on any atom is 0.313 e. The summed E-state index contributed by atoms with van der Waals surface area (Å²) in [5.41, 5.74) is 0.666. The van der Waals surface area contributed by atoms with Gasteiger partial charge in [0.05, 0.1) is 11.5 Å². The number of carbonyl (C=O) groups excluding carboxylic acids is 3. The number of fused-ring (bicyclic) bond motifs is 1. The summed E-state index contributed by atoms with van der Waals surface area (Å²) in [6.07, 6.45) is -0.374. The molecule has 1 atom stereocenters. The van der Waals surface area contributed by atoms with Gasteiger partial charge in [-0.3, -0.25) is 14.4 Å². The Hall–Kier alpha value is -2.51. The van der Waals surface area contributed by atoms with Crippen LogP contribution in [-0.2, 0) is 14.3 Å². The molecule has 7 heteroatoms. The van der Waals surface area contributed by atoms with Crippen LogP contribution in [0.15, 0.2) is 47.2 Å². The molecule has 1 amide bonds. The average Bonchev–Trinajstić information content (AvgIpc) is 3.28. The molecule has 5 nitrogen and oxygen atoms in total. The molecule has 0 bridgehead atoms. The van der Waals surface area contributed by atoms with Crippen LogP contribution in [0.5, 0.6) is 0 Å². The second-order valence-electron chi connectivity index (χ2n) is 5.56. The summed E-state index contributed by atoms with van der Waals surface area (Å²) >= 11 is 2.79. The molecule has 2 heterocycles. The van der Waals surface area contributed by atoms with Gasteiger partial charge in [0.1, 0.15) is 12.5 Å². The van der Waals surface area contributed by atoms with Gasteiger partial charge in [-0.05, 0) is 46.8 Å². The topological polar surface area (TPSA) is 72.5 Å². The Balaban J connectivity index is 1.80. The molecule has 26 heavy (non-hydrogen) atoms. The fourth-order valence-electron chi connectivity index (χ4n) is 2.54. The molecule has 0 aliphatic carbocycles. The van der Waals surface area contributed by atoms with Crippen molar-refractivity contribution < 1.29 is 19.1 Å². The zero-order valence-corrected chi connectivity index (χ0v) is 15.7. The summed E-state index contributed by atoms with van der Waals surface area (Å²) in [5, 5.41) is 7.36. The Morgan fingerprint density at radius 3 is 2.69 bits per heavy atom. The highest BCUT2D eigenvalue weighted by molar-refractivity contribution is 7.20. The summed E-state index contributed by atoms with van der Waals surface area (Å²) < 4.78 is 5.84. The second-order valence-corrected chi connectivity index (χ2v) is 7.42. The van der Waals surface area contributed by atoms with Gasteiger partial charge in [-0.1, -0.05) is 18.2 Å². The highest BCUT2D eigenvalue weighted by Gasteiger charge is 2.26. The van der Waals surface area contributed by atoms with Gasteiger partial charge in [0.15, 0.2) is 5.78 Å². The Morgan fingerprint density at radius 2 is 2.00 bits per heavy atom. The number of hydrogen-bond acceptors (Lipinski definition) is 6. The van der Waals surface area contributed by atoms with Gasteiger partial charge >= 0.3 is 5.97 Å². The minimum absolute atomic E-state index is 0.212. The Morgan fingerprint density at radius 1 is 1.19 bits per heavy atom. The summed E-state index contributed by atoms with van der Waals surface area (Å²) in [6.45, 7) is 1.89. The molecule has 2 aromatic heterocycles. The third-order valence-corrected chi connectivity index (χ3v) is 5.56. The normalized spacial score (nSPS) is 11.9. The number of rotatable bonds is 7. The second kappa shape index (κ2) is 8.25. The third kappa shape index (κ3) is 4.17. The Bertz CT molecular complexity index is 897. The summed E-state index contributed by atoms with van der Waals surface area (Å²) in [6, 6.07) is 10.4. The number of Topliss-reactive ketones (excluding diaryl/α,β-unsaturated/α-hetero) is 1. The molecular formula is C19H17NO4S2. The van der Waals surface area contributed by atoms with Crippen LogP contribution in [0.3, 0.4) is 0 Å². The van der Waals surface area contributed by atoms with E-state index in [1.807, 2.05) is 29.6 Å². The maximum atomic E-state index is 12.7. The van der Waals surface area contributed by atoms with E-state index < -0.39 is 17.8 Å². The van der Waals surface area contributed by atoms with Crippen LogP contribution in [0.4, 0.5) is 0 Å². The molecule has 0 saturated carbocycles. The van der Waals surface area contributed by atoms with E-state index in [2.05, 4.69) is 5.32 Å². The van der Waals surface area contributed by atoms with Crippen molar-refractivity contribution >= 4 is 50.4 Å². The molecule has 3 rings (SSSR count). The third-order valence-electron chi connectivity index (χ3n) is 3.75. The number of nitrogens with one attached hydrogen (secondary N) is 1. The van der Waals surface area contributed by atoms with E-state index in [1.54, 1.807) is 24.4 Å². The van der Waals surface area contributed by atoms with E-state index in [0.717, 1.165) is 10.1 Å². The van der Waals surface area contributed by atoms with E-state index in [9.17, 15) is 14.4 Å². The average molecular weight is 387 g/mol. The fourth-order valence-corrected chi connectivity index (χ4v) is 4.19. The number of hydrogen-bond donors (Lipinski definition) is 1. The summed E-state index contributed by atoms with van der Waals surface area (Å²) in [5.74, 6) is -1.32. The number of esters is 1. The quantitative estimate of drug-likeness (QED) is 0.492. The Labute approximate surface area is 158 Å². The van der Waals surface area contributed by atoms with Crippen molar-refractivity contribution in [3.63, 3.8) is 0 Å². The predicted octanol–water partition coefficient (Wildman–Crippen LogP) is 3.96. The van der Waals surface area contributed by atoms with Gasteiger partial charge in [0.25, 0.3) is 5.91 Å². The lowest BCUT2D eigenvalue weighted by atomic mass is 10.0. The molecule has 0 radical (unpaired) electrons. The van der Waals surface area contributed by atoms with Gasteiger partial charge in [-0.2, -0.15) is 11.3 Å². The van der Waals surface area contributed by atoms with Gasteiger partial charge in [-0.25, -0.2) is 0 Å². The highest BCUT2D eigenvalue weighted by Crippen LogP contribution is 2.26. The van der Waals surface area contributed by atoms with Crippen LogP contribution < -0.4 is 5.32 Å². The van der Waals surface area contributed by atoms with Crippen molar-refractivity contribution in [3.8, 4) is 0 Å². The van der Waals surface area contributed by atoms with E-state index in [-0.39, 0.29) is 18.9 Å². The van der Waals surface area contributed by atoms with Crippen molar-refractivity contribution in [1.82, 2.24) is 5.32 Å². The summed E-state index contributed by atoms with van der Waals surface area (Å²) in [4.78, 5) is 37.4. The molecule has 1 N–H and O–H groups in total. The number of amides is 1. The first-order valence-corrected chi connectivity index (χ1v) is 9.84. The van der Waals surface area contributed by atoms with E-state index in [1.165, 1.54) is 22.7 Å². The number of ether oxygens (including phenoxy) is 1. The van der Waals surface area contributed by atoms with E-state index in [4.69, 9.17) is 4.74 Å². The molecule has 0 saturated heterocycles. The van der Waals surface area contributed by atoms with Crippen molar-refractivity contribution in [3.05, 3.63) is 57.6 Å². The molecule has 0 aliphatic rings. The molecule has 1 unspecified atom stereocenters. The first-order valence-electron chi connectivity index (χ1n) is 8.08. The van der Waals surface area contributed by atoms with Gasteiger partial charge in [0, 0.05) is 4.70 Å². The van der Waals surface area contributed by atoms with Gasteiger partial charge < -0.3 is 10.1 Å². The highest BCUT2D eigenvalue weighted by atomic mass is 32.1. The number of benzene rings is 1. The molecule has 0 aliphatic heterocycles. The number of thiophene rings is 2. The van der Waals surface area contributed by atoms with Crippen molar-refractivity contribution in [1.29, 1.82) is 0 Å². The van der Waals surface area contributed by atoms with E-state index in [0.29, 0.717) is 10.4 Å². The number of carbonyl (C=O) groups is 3. The lowest BCUT2D eigenvalue weighted by Crippen LogP contribution is -2.34. The SMILES string of the molecule is CCOC(=O)CC(=O)C(NC(=O)c1cc2ccccc2s1)c1ccsc1.